The van der Waals surface area contributed by atoms with Crippen molar-refractivity contribution in [2.45, 2.75) is 6.42 Å². The van der Waals surface area contributed by atoms with Gasteiger partial charge in [0.15, 0.2) is 6.61 Å². The van der Waals surface area contributed by atoms with E-state index in [0.29, 0.717) is 16.5 Å². The van der Waals surface area contributed by atoms with E-state index in [2.05, 4.69) is 10.6 Å². The smallest absolute Gasteiger partial charge is 0.262 e. The van der Waals surface area contributed by atoms with Crippen LogP contribution in [0.5, 0.6) is 5.75 Å². The van der Waals surface area contributed by atoms with E-state index in [4.69, 9.17) is 33.7 Å². The SMILES string of the molecule is NC(=O)CCNC(=O)c1ccccc1NC(=O)COc1ccc(Cl)cc1Cl. The molecule has 7 nitrogen and oxygen atoms in total. The number of carbonyl (C=O) groups excluding carboxylic acids is 3. The number of nitrogens with two attached hydrogens (primary N) is 1. The Kier molecular flexibility index (Phi) is 7.45. The zero-order valence-corrected chi connectivity index (χ0v) is 15.6. The van der Waals surface area contributed by atoms with Gasteiger partial charge >= 0.3 is 0 Å². The number of anilines is 1. The Bertz CT molecular complexity index is 858. The minimum absolute atomic E-state index is 0.0238. The van der Waals surface area contributed by atoms with Crippen LogP contribution in [-0.4, -0.2) is 30.9 Å². The summed E-state index contributed by atoms with van der Waals surface area (Å²) in [6, 6.07) is 11.1. The van der Waals surface area contributed by atoms with E-state index in [1.54, 1.807) is 36.4 Å². The van der Waals surface area contributed by atoms with Crippen LogP contribution in [0.1, 0.15) is 16.8 Å². The normalized spacial score (nSPS) is 10.1. The maximum absolute atomic E-state index is 12.2. The average molecular weight is 410 g/mol. The highest BCUT2D eigenvalue weighted by Gasteiger charge is 2.14. The molecule has 0 saturated carbocycles. The molecular weight excluding hydrogens is 393 g/mol. The van der Waals surface area contributed by atoms with Gasteiger partial charge in [0, 0.05) is 18.0 Å². The van der Waals surface area contributed by atoms with Gasteiger partial charge in [-0.2, -0.15) is 0 Å². The molecule has 142 valence electrons. The molecule has 0 unspecified atom stereocenters. The molecule has 3 amide bonds. The van der Waals surface area contributed by atoms with Crippen molar-refractivity contribution in [1.29, 1.82) is 0 Å². The van der Waals surface area contributed by atoms with Crippen LogP contribution >= 0.6 is 23.2 Å². The van der Waals surface area contributed by atoms with Gasteiger partial charge in [0.05, 0.1) is 16.3 Å². The number of amides is 3. The molecule has 0 aliphatic carbocycles. The van der Waals surface area contributed by atoms with Crippen LogP contribution in [0.4, 0.5) is 5.69 Å². The number of para-hydroxylation sites is 1. The first-order chi connectivity index (χ1) is 12.9. The highest BCUT2D eigenvalue weighted by atomic mass is 35.5. The lowest BCUT2D eigenvalue weighted by Gasteiger charge is -2.12. The fourth-order valence-corrected chi connectivity index (χ4v) is 2.57. The summed E-state index contributed by atoms with van der Waals surface area (Å²) in [5.41, 5.74) is 5.60. The largest absolute Gasteiger partial charge is 0.482 e. The molecule has 0 saturated heterocycles. The van der Waals surface area contributed by atoms with Crippen LogP contribution in [0.3, 0.4) is 0 Å². The van der Waals surface area contributed by atoms with Gasteiger partial charge in [0.2, 0.25) is 5.91 Å². The summed E-state index contributed by atoms with van der Waals surface area (Å²) in [6.07, 6.45) is 0.0238. The first-order valence-corrected chi connectivity index (χ1v) is 8.65. The maximum atomic E-state index is 12.2. The highest BCUT2D eigenvalue weighted by molar-refractivity contribution is 6.35. The molecule has 27 heavy (non-hydrogen) atoms. The van der Waals surface area contributed by atoms with Crippen molar-refractivity contribution in [3.05, 3.63) is 58.1 Å². The van der Waals surface area contributed by atoms with Gasteiger partial charge in [0.1, 0.15) is 5.75 Å². The van der Waals surface area contributed by atoms with Crippen LogP contribution < -0.4 is 21.1 Å². The molecule has 0 bridgehead atoms. The van der Waals surface area contributed by atoms with Crippen LogP contribution in [0.15, 0.2) is 42.5 Å². The van der Waals surface area contributed by atoms with Gasteiger partial charge in [-0.15, -0.1) is 0 Å². The van der Waals surface area contributed by atoms with Crippen molar-refractivity contribution in [2.24, 2.45) is 5.73 Å². The van der Waals surface area contributed by atoms with E-state index >= 15 is 0 Å². The lowest BCUT2D eigenvalue weighted by atomic mass is 10.1. The number of rotatable bonds is 8. The zero-order valence-electron chi connectivity index (χ0n) is 14.1. The lowest BCUT2D eigenvalue weighted by molar-refractivity contribution is -0.118. The quantitative estimate of drug-likeness (QED) is 0.621. The maximum Gasteiger partial charge on any atom is 0.262 e. The van der Waals surface area contributed by atoms with E-state index in [9.17, 15) is 14.4 Å². The molecular formula is C18H17Cl2N3O4. The number of primary amides is 1. The molecule has 0 spiro atoms. The Morgan fingerprint density at radius 3 is 2.52 bits per heavy atom. The summed E-state index contributed by atoms with van der Waals surface area (Å²) in [5.74, 6) is -1.11. The molecule has 0 radical (unpaired) electrons. The molecule has 0 atom stereocenters. The monoisotopic (exact) mass is 409 g/mol. The highest BCUT2D eigenvalue weighted by Crippen LogP contribution is 2.27. The topological polar surface area (TPSA) is 111 Å². The first kappa shape index (κ1) is 20.5. The average Bonchev–Trinajstić information content (AvgIpc) is 2.61. The van der Waals surface area contributed by atoms with Gasteiger partial charge in [-0.3, -0.25) is 14.4 Å². The molecule has 2 rings (SSSR count). The van der Waals surface area contributed by atoms with Gasteiger partial charge in [-0.05, 0) is 30.3 Å². The number of halogens is 2. The molecule has 2 aromatic carbocycles. The third-order valence-electron chi connectivity index (χ3n) is 3.36. The van der Waals surface area contributed by atoms with E-state index in [1.165, 1.54) is 6.07 Å². The van der Waals surface area contributed by atoms with Crippen LogP contribution in [0.25, 0.3) is 0 Å². The number of hydrogen-bond acceptors (Lipinski definition) is 4. The number of ether oxygens (including phenoxy) is 1. The number of hydrogen-bond donors (Lipinski definition) is 3. The zero-order chi connectivity index (χ0) is 19.8. The Labute approximate surface area is 165 Å². The predicted octanol–water partition coefficient (Wildman–Crippen LogP) is 2.62. The fraction of sp³-hybridized carbons (Fsp3) is 0.167. The fourth-order valence-electron chi connectivity index (χ4n) is 2.11. The second-order valence-corrected chi connectivity index (χ2v) is 6.27. The van der Waals surface area contributed by atoms with E-state index in [1.807, 2.05) is 0 Å². The molecule has 0 heterocycles. The number of nitrogens with one attached hydrogen (secondary N) is 2. The van der Waals surface area contributed by atoms with Gasteiger partial charge in [-0.1, -0.05) is 35.3 Å². The Morgan fingerprint density at radius 1 is 1.07 bits per heavy atom. The summed E-state index contributed by atoms with van der Waals surface area (Å²) in [6.45, 7) is -0.201. The second kappa shape index (κ2) is 9.80. The summed E-state index contributed by atoms with van der Waals surface area (Å²) < 4.78 is 5.36. The van der Waals surface area contributed by atoms with Crippen LogP contribution in [0.2, 0.25) is 10.0 Å². The van der Waals surface area contributed by atoms with E-state index in [-0.39, 0.29) is 30.2 Å². The van der Waals surface area contributed by atoms with Crippen molar-refractivity contribution in [1.82, 2.24) is 5.32 Å². The minimum atomic E-state index is -0.519. The molecule has 0 aliphatic rings. The number of carbonyl (C=O) groups is 3. The van der Waals surface area contributed by atoms with Crippen molar-refractivity contribution in [2.75, 3.05) is 18.5 Å². The Hall–Kier alpha value is -2.77. The van der Waals surface area contributed by atoms with Crippen LogP contribution in [0, 0.1) is 0 Å². The summed E-state index contributed by atoms with van der Waals surface area (Å²) in [4.78, 5) is 35.1. The molecule has 4 N–H and O–H groups in total. The third kappa shape index (κ3) is 6.47. The molecule has 0 aliphatic heterocycles. The number of benzene rings is 2. The van der Waals surface area contributed by atoms with Crippen molar-refractivity contribution in [3.63, 3.8) is 0 Å². The van der Waals surface area contributed by atoms with Crippen molar-refractivity contribution < 1.29 is 19.1 Å². The van der Waals surface area contributed by atoms with Gasteiger partial charge in [-0.25, -0.2) is 0 Å². The van der Waals surface area contributed by atoms with Crippen LogP contribution in [-0.2, 0) is 9.59 Å². The minimum Gasteiger partial charge on any atom is -0.482 e. The molecule has 0 aromatic heterocycles. The van der Waals surface area contributed by atoms with Gasteiger partial charge < -0.3 is 21.1 Å². The first-order valence-electron chi connectivity index (χ1n) is 7.90. The predicted molar refractivity (Wildman–Crippen MR) is 103 cm³/mol. The summed E-state index contributed by atoms with van der Waals surface area (Å²) in [7, 11) is 0. The standard InChI is InChI=1S/C18H17Cl2N3O4/c19-11-5-6-15(13(20)9-11)27-10-17(25)23-14-4-2-1-3-12(14)18(26)22-8-7-16(21)24/h1-6,9H,7-8,10H2,(H2,21,24)(H,22,26)(H,23,25). The summed E-state index contributed by atoms with van der Waals surface area (Å²) in [5, 5.41) is 5.90. The van der Waals surface area contributed by atoms with E-state index in [0.717, 1.165) is 0 Å². The van der Waals surface area contributed by atoms with Crippen molar-refractivity contribution >= 4 is 46.6 Å². The third-order valence-corrected chi connectivity index (χ3v) is 3.89. The van der Waals surface area contributed by atoms with E-state index < -0.39 is 17.7 Å². The lowest BCUT2D eigenvalue weighted by Crippen LogP contribution is -2.29. The summed E-state index contributed by atoms with van der Waals surface area (Å²) >= 11 is 11.8. The van der Waals surface area contributed by atoms with Crippen molar-refractivity contribution in [3.8, 4) is 5.75 Å². The Morgan fingerprint density at radius 2 is 1.81 bits per heavy atom. The van der Waals surface area contributed by atoms with Gasteiger partial charge in [0.25, 0.3) is 11.8 Å². The Balaban J connectivity index is 1.97. The molecule has 0 fully saturated rings. The molecule has 2 aromatic rings. The second-order valence-electron chi connectivity index (χ2n) is 5.43. The molecule has 9 heteroatoms.